The number of hydrogen-bond donors (Lipinski definition) is 0. The molecule has 0 aromatic rings. The average Bonchev–Trinajstić information content (AvgIpc) is 2.03. The molecule has 0 saturated heterocycles. The molecule has 11 heavy (non-hydrogen) atoms. The van der Waals surface area contributed by atoms with Crippen LogP contribution >= 0.6 is 0 Å². The molecular formula is C8H18O3. The third-order valence-electron chi connectivity index (χ3n) is 1.09. The molecule has 0 saturated carbocycles. The summed E-state index contributed by atoms with van der Waals surface area (Å²) in [6.07, 6.45) is 1.04. The summed E-state index contributed by atoms with van der Waals surface area (Å²) in [5, 5.41) is 0. The van der Waals surface area contributed by atoms with E-state index in [0.29, 0.717) is 20.0 Å². The Labute approximate surface area is 68.6 Å². The molecule has 0 aliphatic carbocycles. The van der Waals surface area contributed by atoms with E-state index in [1.807, 2.05) is 6.92 Å². The number of hydrogen-bond acceptors (Lipinski definition) is 3. The van der Waals surface area contributed by atoms with Crippen LogP contribution in [0.15, 0.2) is 0 Å². The topological polar surface area (TPSA) is 27.7 Å². The van der Waals surface area contributed by atoms with Gasteiger partial charge in [0.25, 0.3) is 0 Å². The van der Waals surface area contributed by atoms with Gasteiger partial charge in [0.05, 0.1) is 13.2 Å². The van der Waals surface area contributed by atoms with Gasteiger partial charge in [-0.1, -0.05) is 6.92 Å². The van der Waals surface area contributed by atoms with Crippen LogP contribution in [0.2, 0.25) is 0 Å². The van der Waals surface area contributed by atoms with Crippen molar-refractivity contribution in [2.75, 3.05) is 33.2 Å². The summed E-state index contributed by atoms with van der Waals surface area (Å²) in [6.45, 7) is 7.23. The SMILES string of the molecule is CCCOCOCCOCC. The van der Waals surface area contributed by atoms with Gasteiger partial charge in [0, 0.05) is 13.2 Å². The standard InChI is InChI=1S/C8H18O3/c1-3-5-10-8-11-7-6-9-4-2/h3-8H2,1-2H3. The normalized spacial score (nSPS) is 10.4. The molecule has 0 rings (SSSR count). The lowest BCUT2D eigenvalue weighted by molar-refractivity contribution is -0.0682. The van der Waals surface area contributed by atoms with E-state index in [1.54, 1.807) is 0 Å². The van der Waals surface area contributed by atoms with Crippen LogP contribution in [0.4, 0.5) is 0 Å². The lowest BCUT2D eigenvalue weighted by atomic mass is 10.5. The molecule has 0 aromatic carbocycles. The molecule has 0 aromatic heterocycles. The van der Waals surface area contributed by atoms with Crippen molar-refractivity contribution in [1.82, 2.24) is 0 Å². The van der Waals surface area contributed by atoms with Crippen molar-refractivity contribution in [3.8, 4) is 0 Å². The van der Waals surface area contributed by atoms with Crippen molar-refractivity contribution < 1.29 is 14.2 Å². The van der Waals surface area contributed by atoms with Gasteiger partial charge in [-0.15, -0.1) is 0 Å². The van der Waals surface area contributed by atoms with Gasteiger partial charge < -0.3 is 14.2 Å². The predicted molar refractivity (Wildman–Crippen MR) is 43.6 cm³/mol. The van der Waals surface area contributed by atoms with E-state index < -0.39 is 0 Å². The Balaban J connectivity index is 2.69. The fourth-order valence-corrected chi connectivity index (χ4v) is 0.583. The summed E-state index contributed by atoms with van der Waals surface area (Å²) >= 11 is 0. The third kappa shape index (κ3) is 9.88. The van der Waals surface area contributed by atoms with Crippen LogP contribution in [0.5, 0.6) is 0 Å². The lowest BCUT2D eigenvalue weighted by Gasteiger charge is -2.03. The van der Waals surface area contributed by atoms with Crippen molar-refractivity contribution in [3.63, 3.8) is 0 Å². The Bertz CT molecular complexity index is 58.4. The molecule has 3 heteroatoms. The molecule has 0 amide bonds. The largest absolute Gasteiger partial charge is 0.379 e. The predicted octanol–water partition coefficient (Wildman–Crippen LogP) is 1.42. The number of ether oxygens (including phenoxy) is 3. The molecule has 3 nitrogen and oxygen atoms in total. The minimum absolute atomic E-state index is 0.390. The van der Waals surface area contributed by atoms with Gasteiger partial charge in [0.15, 0.2) is 0 Å². The van der Waals surface area contributed by atoms with Gasteiger partial charge in [-0.25, -0.2) is 0 Å². The van der Waals surface area contributed by atoms with E-state index in [1.165, 1.54) is 0 Å². The Morgan fingerprint density at radius 3 is 2.09 bits per heavy atom. The second-order valence-electron chi connectivity index (χ2n) is 2.13. The zero-order chi connectivity index (χ0) is 8.36. The molecule has 0 heterocycles. The van der Waals surface area contributed by atoms with E-state index in [0.717, 1.165) is 19.6 Å². The Morgan fingerprint density at radius 1 is 0.818 bits per heavy atom. The van der Waals surface area contributed by atoms with Gasteiger partial charge in [0.2, 0.25) is 0 Å². The van der Waals surface area contributed by atoms with Crippen LogP contribution in [0, 0.1) is 0 Å². The summed E-state index contributed by atoms with van der Waals surface area (Å²) < 4.78 is 15.2. The van der Waals surface area contributed by atoms with Crippen LogP contribution in [0.1, 0.15) is 20.3 Å². The molecule has 0 atom stereocenters. The second-order valence-corrected chi connectivity index (χ2v) is 2.13. The molecule has 0 aliphatic rings. The van der Waals surface area contributed by atoms with Crippen molar-refractivity contribution in [2.45, 2.75) is 20.3 Å². The zero-order valence-electron chi connectivity index (χ0n) is 7.47. The van der Waals surface area contributed by atoms with Crippen LogP contribution in [-0.2, 0) is 14.2 Å². The average molecular weight is 162 g/mol. The molecule has 0 unspecified atom stereocenters. The third-order valence-corrected chi connectivity index (χ3v) is 1.09. The molecule has 0 fully saturated rings. The van der Waals surface area contributed by atoms with Crippen molar-refractivity contribution in [2.24, 2.45) is 0 Å². The maximum atomic E-state index is 5.09. The molecule has 0 spiro atoms. The van der Waals surface area contributed by atoms with Gasteiger partial charge in [-0.2, -0.15) is 0 Å². The van der Waals surface area contributed by atoms with Crippen LogP contribution in [-0.4, -0.2) is 33.2 Å². The van der Waals surface area contributed by atoms with Gasteiger partial charge in [-0.05, 0) is 13.3 Å². The first-order valence-corrected chi connectivity index (χ1v) is 4.15. The van der Waals surface area contributed by atoms with Gasteiger partial charge in [-0.3, -0.25) is 0 Å². The highest BCUT2D eigenvalue weighted by molar-refractivity contribution is 4.25. The van der Waals surface area contributed by atoms with E-state index in [2.05, 4.69) is 6.92 Å². The fourth-order valence-electron chi connectivity index (χ4n) is 0.583. The second kappa shape index (κ2) is 9.88. The molecular weight excluding hydrogens is 144 g/mol. The van der Waals surface area contributed by atoms with Crippen LogP contribution in [0.25, 0.3) is 0 Å². The first-order valence-electron chi connectivity index (χ1n) is 4.15. The molecule has 0 bridgehead atoms. The first-order chi connectivity index (χ1) is 5.41. The van der Waals surface area contributed by atoms with Crippen molar-refractivity contribution in [1.29, 1.82) is 0 Å². The fraction of sp³-hybridized carbons (Fsp3) is 1.00. The van der Waals surface area contributed by atoms with Crippen LogP contribution in [0.3, 0.4) is 0 Å². The molecule has 0 N–H and O–H groups in total. The Kier molecular flexibility index (Phi) is 9.77. The maximum Gasteiger partial charge on any atom is 0.146 e. The Hall–Kier alpha value is -0.120. The quantitative estimate of drug-likeness (QED) is 0.399. The van der Waals surface area contributed by atoms with E-state index in [-0.39, 0.29) is 0 Å². The summed E-state index contributed by atoms with van der Waals surface area (Å²) in [5.41, 5.74) is 0. The Morgan fingerprint density at radius 2 is 1.45 bits per heavy atom. The van der Waals surface area contributed by atoms with Gasteiger partial charge in [0.1, 0.15) is 6.79 Å². The minimum atomic E-state index is 0.390. The van der Waals surface area contributed by atoms with Crippen molar-refractivity contribution >= 4 is 0 Å². The zero-order valence-corrected chi connectivity index (χ0v) is 7.47. The summed E-state index contributed by atoms with van der Waals surface area (Å²) in [7, 11) is 0. The maximum absolute atomic E-state index is 5.09. The first kappa shape index (κ1) is 10.9. The number of rotatable bonds is 8. The highest BCUT2D eigenvalue weighted by atomic mass is 16.7. The highest BCUT2D eigenvalue weighted by Gasteiger charge is 1.86. The highest BCUT2D eigenvalue weighted by Crippen LogP contribution is 1.82. The summed E-state index contributed by atoms with van der Waals surface area (Å²) in [4.78, 5) is 0. The smallest absolute Gasteiger partial charge is 0.146 e. The summed E-state index contributed by atoms with van der Waals surface area (Å²) in [5.74, 6) is 0. The van der Waals surface area contributed by atoms with Crippen LogP contribution < -0.4 is 0 Å². The molecule has 0 radical (unpaired) electrons. The van der Waals surface area contributed by atoms with E-state index in [9.17, 15) is 0 Å². The van der Waals surface area contributed by atoms with Crippen molar-refractivity contribution in [3.05, 3.63) is 0 Å². The summed E-state index contributed by atoms with van der Waals surface area (Å²) in [6, 6.07) is 0. The molecule has 0 aliphatic heterocycles. The van der Waals surface area contributed by atoms with Gasteiger partial charge >= 0.3 is 0 Å². The molecule has 68 valence electrons. The van der Waals surface area contributed by atoms with E-state index in [4.69, 9.17) is 14.2 Å². The monoisotopic (exact) mass is 162 g/mol. The lowest BCUT2D eigenvalue weighted by Crippen LogP contribution is -2.07. The minimum Gasteiger partial charge on any atom is -0.379 e. The van der Waals surface area contributed by atoms with E-state index >= 15 is 0 Å².